The van der Waals surface area contributed by atoms with Crippen molar-refractivity contribution in [3.63, 3.8) is 0 Å². The molecule has 1 radical (unpaired) electrons. The molecule has 0 N–H and O–H groups in total. The smallest absolute Gasteiger partial charge is 0.326 e. The Morgan fingerprint density at radius 3 is 2.21 bits per heavy atom. The van der Waals surface area contributed by atoms with Crippen LogP contribution in [0.15, 0.2) is 12.0 Å². The van der Waals surface area contributed by atoms with Crippen molar-refractivity contribution in [1.29, 1.82) is 0 Å². The minimum atomic E-state index is -0.239. The van der Waals surface area contributed by atoms with Crippen molar-refractivity contribution in [2.75, 3.05) is 20.2 Å². The summed E-state index contributed by atoms with van der Waals surface area (Å²) in [5.74, 6) is -0.0149. The van der Waals surface area contributed by atoms with E-state index in [2.05, 4.69) is 30.4 Å². The molecule has 0 aromatic heterocycles. The highest BCUT2D eigenvalue weighted by atomic mass is 16.6. The Bertz CT molecular complexity index is 176. The molecule has 0 rings (SSSR count). The van der Waals surface area contributed by atoms with Crippen molar-refractivity contribution in [1.82, 2.24) is 4.90 Å². The number of ether oxygens (including phenoxy) is 1. The quantitative estimate of drug-likeness (QED) is 0.616. The second kappa shape index (κ2) is 6.71. The first kappa shape index (κ1) is 13.3. The van der Waals surface area contributed by atoms with Gasteiger partial charge in [0.05, 0.1) is 7.11 Å². The average molecular weight is 200 g/mol. The molecule has 0 aliphatic rings. The van der Waals surface area contributed by atoms with Gasteiger partial charge in [-0.1, -0.05) is 20.8 Å². The van der Waals surface area contributed by atoms with Crippen LogP contribution >= 0.6 is 0 Å². The summed E-state index contributed by atoms with van der Waals surface area (Å²) in [4.78, 5) is 2.32. The van der Waals surface area contributed by atoms with Gasteiger partial charge in [0.25, 0.3) is 0 Å². The number of hydrogen-bond donors (Lipinski definition) is 0. The van der Waals surface area contributed by atoms with Gasteiger partial charge in [-0.05, 0) is 25.9 Å². The van der Waals surface area contributed by atoms with E-state index >= 15 is 0 Å². The van der Waals surface area contributed by atoms with Gasteiger partial charge >= 0.3 is 5.95 Å². The fourth-order valence-corrected chi connectivity index (χ4v) is 1.55. The lowest BCUT2D eigenvalue weighted by Gasteiger charge is -2.29. The Balaban J connectivity index is 4.29. The topological polar surface area (TPSA) is 32.4 Å². The van der Waals surface area contributed by atoms with Crippen molar-refractivity contribution in [3.05, 3.63) is 12.0 Å². The van der Waals surface area contributed by atoms with Crippen molar-refractivity contribution in [2.45, 2.75) is 33.7 Å². The fourth-order valence-electron chi connectivity index (χ4n) is 1.55. The maximum absolute atomic E-state index is 11.0. The predicted molar refractivity (Wildman–Crippen MR) is 57.3 cm³/mol. The summed E-state index contributed by atoms with van der Waals surface area (Å²) in [6.45, 7) is 10.5. The molecule has 0 aliphatic heterocycles. The predicted octanol–water partition coefficient (Wildman–Crippen LogP) is 2.27. The Kier molecular flexibility index (Phi) is 6.37. The summed E-state index contributed by atoms with van der Waals surface area (Å²) in [5.41, 5.74) is 0. The van der Waals surface area contributed by atoms with Crippen molar-refractivity contribution >= 4 is 0 Å². The molecule has 2 unspecified atom stereocenters. The standard InChI is InChI=1S/C11H22NO2/c1-6-12(7-2)10(4)9(3)8-11(13)14-5/h8-10H,6-7H2,1-5H3. The Hall–Kier alpha value is -0.700. The third kappa shape index (κ3) is 4.01. The Morgan fingerprint density at radius 1 is 1.36 bits per heavy atom. The molecule has 0 fully saturated rings. The molecule has 2 atom stereocenters. The molecule has 83 valence electrons. The second-order valence-corrected chi connectivity index (χ2v) is 3.51. The maximum atomic E-state index is 11.0. The zero-order chi connectivity index (χ0) is 11.1. The van der Waals surface area contributed by atoms with Crippen molar-refractivity contribution in [2.24, 2.45) is 5.92 Å². The molecule has 0 spiro atoms. The van der Waals surface area contributed by atoms with E-state index < -0.39 is 0 Å². The third-order valence-corrected chi connectivity index (χ3v) is 2.75. The van der Waals surface area contributed by atoms with Gasteiger partial charge in [-0.3, -0.25) is 0 Å². The van der Waals surface area contributed by atoms with Gasteiger partial charge in [0, 0.05) is 12.1 Å². The largest absolute Gasteiger partial charge is 0.466 e. The molecule has 0 bridgehead atoms. The van der Waals surface area contributed by atoms with E-state index in [0.717, 1.165) is 13.1 Å². The van der Waals surface area contributed by atoms with Crippen LogP contribution in [0.2, 0.25) is 0 Å². The van der Waals surface area contributed by atoms with Gasteiger partial charge in [0.1, 0.15) is 0 Å². The monoisotopic (exact) mass is 200 g/mol. The van der Waals surface area contributed by atoms with Gasteiger partial charge in [0.15, 0.2) is 0 Å². The normalized spacial score (nSPS) is 16.9. The van der Waals surface area contributed by atoms with Crippen LogP contribution in [0.3, 0.4) is 0 Å². The van der Waals surface area contributed by atoms with E-state index in [1.165, 1.54) is 7.11 Å². The molecule has 0 aromatic carbocycles. The minimum absolute atomic E-state index is 0.224. The second-order valence-electron chi connectivity index (χ2n) is 3.51. The highest BCUT2D eigenvalue weighted by molar-refractivity contribution is 4.91. The Morgan fingerprint density at radius 2 is 1.86 bits per heavy atom. The van der Waals surface area contributed by atoms with E-state index in [4.69, 9.17) is 0 Å². The van der Waals surface area contributed by atoms with Crippen LogP contribution in [0.1, 0.15) is 27.7 Å². The van der Waals surface area contributed by atoms with Crippen molar-refractivity contribution in [3.8, 4) is 0 Å². The lowest BCUT2D eigenvalue weighted by Crippen LogP contribution is -2.36. The lowest BCUT2D eigenvalue weighted by molar-refractivity contribution is 0.0802. The maximum Gasteiger partial charge on any atom is 0.326 e. The van der Waals surface area contributed by atoms with Crippen LogP contribution in [-0.4, -0.2) is 31.1 Å². The van der Waals surface area contributed by atoms with Gasteiger partial charge in [-0.25, -0.2) is 5.11 Å². The lowest BCUT2D eigenvalue weighted by atomic mass is 10.0. The summed E-state index contributed by atoms with van der Waals surface area (Å²) >= 11 is 0. The van der Waals surface area contributed by atoms with Gasteiger partial charge < -0.3 is 9.64 Å². The molecule has 3 nitrogen and oxygen atoms in total. The van der Waals surface area contributed by atoms with E-state index in [0.29, 0.717) is 6.04 Å². The van der Waals surface area contributed by atoms with E-state index in [9.17, 15) is 5.11 Å². The van der Waals surface area contributed by atoms with Crippen LogP contribution in [0.5, 0.6) is 0 Å². The average Bonchev–Trinajstić information content (AvgIpc) is 2.19. The van der Waals surface area contributed by atoms with Crippen LogP contribution in [0.25, 0.3) is 0 Å². The molecule has 3 heteroatoms. The number of rotatable bonds is 6. The van der Waals surface area contributed by atoms with Crippen LogP contribution in [0.4, 0.5) is 0 Å². The first-order valence-corrected chi connectivity index (χ1v) is 5.23. The van der Waals surface area contributed by atoms with Crippen LogP contribution in [-0.2, 0) is 9.84 Å². The molecule has 14 heavy (non-hydrogen) atoms. The summed E-state index contributed by atoms with van der Waals surface area (Å²) in [6, 6.07) is 0.379. The molecule has 0 aromatic rings. The molecular weight excluding hydrogens is 178 g/mol. The van der Waals surface area contributed by atoms with E-state index in [-0.39, 0.29) is 11.9 Å². The summed E-state index contributed by atoms with van der Waals surface area (Å²) in [5, 5.41) is 11.0. The number of hydrogen-bond acceptors (Lipinski definition) is 2. The van der Waals surface area contributed by atoms with Crippen LogP contribution in [0, 0.1) is 5.92 Å². The van der Waals surface area contributed by atoms with Gasteiger partial charge in [-0.2, -0.15) is 0 Å². The molecular formula is C11H22NO2. The molecule has 0 saturated carbocycles. The summed E-state index contributed by atoms with van der Waals surface area (Å²) < 4.78 is 4.61. The highest BCUT2D eigenvalue weighted by Gasteiger charge is 2.16. The first-order valence-electron chi connectivity index (χ1n) is 5.23. The van der Waals surface area contributed by atoms with E-state index in [1.807, 2.05) is 6.92 Å². The van der Waals surface area contributed by atoms with Crippen molar-refractivity contribution < 1.29 is 9.84 Å². The SMILES string of the molecule is CCN(CC)C(C)C(C)C=C([O])OC. The fraction of sp³-hybridized carbons (Fsp3) is 0.818. The Labute approximate surface area is 87.4 Å². The van der Waals surface area contributed by atoms with Gasteiger partial charge in [-0.15, -0.1) is 0 Å². The third-order valence-electron chi connectivity index (χ3n) is 2.75. The molecule has 0 saturated heterocycles. The zero-order valence-corrected chi connectivity index (χ0v) is 9.91. The summed E-state index contributed by atoms with van der Waals surface area (Å²) in [6.07, 6.45) is 1.64. The number of methoxy groups -OCH3 is 1. The molecule has 0 aliphatic carbocycles. The van der Waals surface area contributed by atoms with E-state index in [1.54, 1.807) is 6.08 Å². The van der Waals surface area contributed by atoms with Gasteiger partial charge in [0.2, 0.25) is 0 Å². The first-order chi connectivity index (χ1) is 6.56. The molecule has 0 heterocycles. The molecule has 0 amide bonds. The minimum Gasteiger partial charge on any atom is -0.466 e. The zero-order valence-electron chi connectivity index (χ0n) is 9.91. The van der Waals surface area contributed by atoms with Crippen LogP contribution < -0.4 is 0 Å². The highest BCUT2D eigenvalue weighted by Crippen LogP contribution is 2.13. The number of nitrogens with zero attached hydrogens (tertiary/aromatic N) is 1. The summed E-state index contributed by atoms with van der Waals surface area (Å²) in [7, 11) is 1.41.